The molecule has 0 heterocycles. The number of unbranched alkanes of at least 4 members (excludes halogenated alkanes) is 10. The van der Waals surface area contributed by atoms with Crippen LogP contribution in [-0.2, 0) is 0 Å². The molecule has 0 aliphatic carbocycles. The number of carbonyl (C=O) groups is 1. The van der Waals surface area contributed by atoms with Crippen molar-refractivity contribution in [3.05, 3.63) is 58.6 Å². The van der Waals surface area contributed by atoms with Gasteiger partial charge in [-0.25, -0.2) is 0 Å². The van der Waals surface area contributed by atoms with Gasteiger partial charge in [-0.1, -0.05) is 130 Å². The predicted molar refractivity (Wildman–Crippen MR) is 161 cm³/mol. The van der Waals surface area contributed by atoms with E-state index in [1.54, 1.807) is 0 Å². The van der Waals surface area contributed by atoms with Gasteiger partial charge in [0.1, 0.15) is 0 Å². The van der Waals surface area contributed by atoms with Gasteiger partial charge in [0, 0.05) is 23.0 Å². The number of rotatable bonds is 18. The number of hydrogen-bond acceptors (Lipinski definition) is 2. The minimum Gasteiger partial charge on any atom is -0.303 e. The fourth-order valence-corrected chi connectivity index (χ4v) is 5.79. The van der Waals surface area contributed by atoms with E-state index in [-0.39, 0.29) is 5.78 Å². The molecule has 0 fully saturated rings. The van der Waals surface area contributed by atoms with E-state index >= 15 is 0 Å². The van der Waals surface area contributed by atoms with Crippen LogP contribution in [0.25, 0.3) is 21.5 Å². The van der Waals surface area contributed by atoms with Gasteiger partial charge < -0.3 is 4.90 Å². The zero-order valence-electron chi connectivity index (χ0n) is 22.7. The molecule has 196 valence electrons. The Morgan fingerprint density at radius 3 is 1.89 bits per heavy atom. The summed E-state index contributed by atoms with van der Waals surface area (Å²) in [7, 11) is 0. The van der Waals surface area contributed by atoms with Crippen LogP contribution < -0.4 is 0 Å². The Kier molecular flexibility index (Phi) is 13.0. The summed E-state index contributed by atoms with van der Waals surface area (Å²) in [5, 5.41) is 4.73. The van der Waals surface area contributed by atoms with Crippen molar-refractivity contribution in [2.24, 2.45) is 0 Å². The summed E-state index contributed by atoms with van der Waals surface area (Å²) in [4.78, 5) is 15.8. The van der Waals surface area contributed by atoms with Gasteiger partial charge in [-0.2, -0.15) is 0 Å². The summed E-state index contributed by atoms with van der Waals surface area (Å²) >= 11 is 3.71. The summed E-state index contributed by atoms with van der Waals surface area (Å²) < 4.78 is 1.10. The third-order valence-electron chi connectivity index (χ3n) is 7.44. The SMILES string of the molecule is CCCCCCCCN(CCCCCCCC)CCC(=O)c1ccc2cc(Br)c3ccccc3c2c1. The van der Waals surface area contributed by atoms with Crippen LogP contribution in [0.15, 0.2) is 53.0 Å². The number of hydrogen-bond donors (Lipinski definition) is 0. The molecule has 3 rings (SSSR count). The van der Waals surface area contributed by atoms with Gasteiger partial charge >= 0.3 is 0 Å². The first-order chi connectivity index (χ1) is 17.6. The second-order valence-corrected chi connectivity index (χ2v) is 11.2. The third kappa shape index (κ3) is 8.99. The van der Waals surface area contributed by atoms with Crippen molar-refractivity contribution >= 4 is 43.3 Å². The highest BCUT2D eigenvalue weighted by atomic mass is 79.9. The predicted octanol–water partition coefficient (Wildman–Crippen LogP) is 10.4. The van der Waals surface area contributed by atoms with Crippen LogP contribution in [0.1, 0.15) is 108 Å². The van der Waals surface area contributed by atoms with Gasteiger partial charge in [-0.05, 0) is 59.6 Å². The molecule has 0 atom stereocenters. The lowest BCUT2D eigenvalue weighted by atomic mass is 9.98. The molecule has 3 heteroatoms. The Bertz CT molecular complexity index is 1060. The van der Waals surface area contributed by atoms with E-state index in [4.69, 9.17) is 0 Å². The summed E-state index contributed by atoms with van der Waals surface area (Å²) in [6.45, 7) is 7.68. The van der Waals surface area contributed by atoms with E-state index < -0.39 is 0 Å². The lowest BCUT2D eigenvalue weighted by Gasteiger charge is -2.22. The molecule has 0 N–H and O–H groups in total. The number of fused-ring (bicyclic) bond motifs is 3. The number of nitrogens with zero attached hydrogens (tertiary/aromatic N) is 1. The van der Waals surface area contributed by atoms with Crippen LogP contribution in [0.4, 0.5) is 0 Å². The van der Waals surface area contributed by atoms with Crippen molar-refractivity contribution in [3.63, 3.8) is 0 Å². The van der Waals surface area contributed by atoms with Gasteiger partial charge in [0.05, 0.1) is 0 Å². The highest BCUT2D eigenvalue weighted by Gasteiger charge is 2.13. The zero-order chi connectivity index (χ0) is 25.6. The first kappa shape index (κ1) is 28.9. The number of carbonyl (C=O) groups excluding carboxylic acids is 1. The molecule has 0 radical (unpaired) electrons. The smallest absolute Gasteiger partial charge is 0.164 e. The average Bonchev–Trinajstić information content (AvgIpc) is 2.90. The molecule has 3 aromatic carbocycles. The lowest BCUT2D eigenvalue weighted by Crippen LogP contribution is -2.28. The Balaban J connectivity index is 1.59. The van der Waals surface area contributed by atoms with Gasteiger partial charge in [0.2, 0.25) is 0 Å². The number of Topliss-reactive ketones (excluding diaryl/α,β-unsaturated/α-hetero) is 1. The summed E-state index contributed by atoms with van der Waals surface area (Å²) in [5.41, 5.74) is 0.842. The Morgan fingerprint density at radius 2 is 1.25 bits per heavy atom. The average molecular weight is 553 g/mol. The fourth-order valence-electron chi connectivity index (χ4n) is 5.20. The third-order valence-corrected chi connectivity index (χ3v) is 8.10. The van der Waals surface area contributed by atoms with E-state index in [1.807, 2.05) is 6.07 Å². The largest absolute Gasteiger partial charge is 0.303 e. The molecule has 0 unspecified atom stereocenters. The number of halogens is 1. The number of benzene rings is 3. The molecule has 0 saturated heterocycles. The van der Waals surface area contributed by atoms with E-state index in [9.17, 15) is 4.79 Å². The summed E-state index contributed by atoms with van der Waals surface area (Å²) in [5.74, 6) is 0.264. The van der Waals surface area contributed by atoms with Crippen molar-refractivity contribution in [1.29, 1.82) is 0 Å². The zero-order valence-corrected chi connectivity index (χ0v) is 24.3. The molecule has 0 amide bonds. The summed E-state index contributed by atoms with van der Waals surface area (Å²) in [6.07, 6.45) is 16.5. The fraction of sp³-hybridized carbons (Fsp3) is 0.545. The normalized spacial score (nSPS) is 11.7. The van der Waals surface area contributed by atoms with E-state index in [0.717, 1.165) is 35.1 Å². The maximum absolute atomic E-state index is 13.3. The highest BCUT2D eigenvalue weighted by Crippen LogP contribution is 2.32. The van der Waals surface area contributed by atoms with Crippen molar-refractivity contribution in [2.45, 2.75) is 97.3 Å². The molecule has 3 aromatic rings. The van der Waals surface area contributed by atoms with Crippen LogP contribution in [0, 0.1) is 0 Å². The molecule has 2 nitrogen and oxygen atoms in total. The molecule has 0 aliphatic rings. The second-order valence-electron chi connectivity index (χ2n) is 10.4. The Hall–Kier alpha value is -1.71. The van der Waals surface area contributed by atoms with Crippen LogP contribution in [0.5, 0.6) is 0 Å². The first-order valence-corrected chi connectivity index (χ1v) is 15.3. The lowest BCUT2D eigenvalue weighted by molar-refractivity contribution is 0.0963. The van der Waals surface area contributed by atoms with E-state index in [1.165, 1.54) is 93.2 Å². The Labute approximate surface area is 228 Å². The van der Waals surface area contributed by atoms with E-state index in [0.29, 0.717) is 6.42 Å². The molecule has 0 aliphatic heterocycles. The molecular formula is C33H46BrNO. The topological polar surface area (TPSA) is 20.3 Å². The van der Waals surface area contributed by atoms with Crippen LogP contribution in [-0.4, -0.2) is 30.3 Å². The quantitative estimate of drug-likeness (QED) is 0.0889. The molecule has 36 heavy (non-hydrogen) atoms. The number of ketones is 1. The molecule has 0 aromatic heterocycles. The van der Waals surface area contributed by atoms with Crippen molar-refractivity contribution in [1.82, 2.24) is 4.90 Å². The van der Waals surface area contributed by atoms with Crippen LogP contribution in [0.3, 0.4) is 0 Å². The second kappa shape index (κ2) is 16.2. The minimum absolute atomic E-state index is 0.264. The standard InChI is InChI=1S/C33H46BrNO/c1-3-5-7-9-11-15-22-35(23-16-12-10-8-6-4-2)24-21-33(36)28-20-19-27-26-32(34)30-18-14-13-17-29(30)31(27)25-28/h13-14,17-20,25-26H,3-12,15-16,21-24H2,1-2H3. The first-order valence-electron chi connectivity index (χ1n) is 14.5. The van der Waals surface area contributed by atoms with Crippen LogP contribution in [0.2, 0.25) is 0 Å². The van der Waals surface area contributed by atoms with E-state index in [2.05, 4.69) is 77.1 Å². The summed E-state index contributed by atoms with van der Waals surface area (Å²) in [6, 6.07) is 16.8. The van der Waals surface area contributed by atoms with Gasteiger partial charge in [0.25, 0.3) is 0 Å². The van der Waals surface area contributed by atoms with Crippen molar-refractivity contribution < 1.29 is 4.79 Å². The minimum atomic E-state index is 0.264. The van der Waals surface area contributed by atoms with Crippen LogP contribution >= 0.6 is 15.9 Å². The molecular weight excluding hydrogens is 506 g/mol. The van der Waals surface area contributed by atoms with Gasteiger partial charge in [-0.3, -0.25) is 4.79 Å². The molecule has 0 spiro atoms. The van der Waals surface area contributed by atoms with Crippen molar-refractivity contribution in [3.8, 4) is 0 Å². The Morgan fingerprint density at radius 1 is 0.667 bits per heavy atom. The van der Waals surface area contributed by atoms with Gasteiger partial charge in [0.15, 0.2) is 5.78 Å². The van der Waals surface area contributed by atoms with Crippen molar-refractivity contribution in [2.75, 3.05) is 19.6 Å². The molecule has 0 saturated carbocycles. The molecule has 0 bridgehead atoms. The maximum atomic E-state index is 13.3. The highest BCUT2D eigenvalue weighted by molar-refractivity contribution is 9.10. The maximum Gasteiger partial charge on any atom is 0.164 e. The monoisotopic (exact) mass is 551 g/mol. The van der Waals surface area contributed by atoms with Gasteiger partial charge in [-0.15, -0.1) is 0 Å².